The van der Waals surface area contributed by atoms with Gasteiger partial charge in [-0.1, -0.05) is 30.3 Å². The summed E-state index contributed by atoms with van der Waals surface area (Å²) in [5.74, 6) is -0.141. The van der Waals surface area contributed by atoms with Crippen LogP contribution < -0.4 is 4.72 Å². The lowest BCUT2D eigenvalue weighted by molar-refractivity contribution is 0.469. The van der Waals surface area contributed by atoms with E-state index < -0.39 is 10.0 Å². The van der Waals surface area contributed by atoms with Crippen LogP contribution in [-0.4, -0.2) is 33.8 Å². The second-order valence-corrected chi connectivity index (χ2v) is 8.53. The summed E-state index contributed by atoms with van der Waals surface area (Å²) in [6, 6.07) is 13.8. The van der Waals surface area contributed by atoms with Gasteiger partial charge in [0.1, 0.15) is 17.8 Å². The van der Waals surface area contributed by atoms with E-state index in [1.54, 1.807) is 24.3 Å². The van der Waals surface area contributed by atoms with Crippen LogP contribution in [-0.2, 0) is 10.0 Å². The third kappa shape index (κ3) is 3.47. The lowest BCUT2D eigenvalue weighted by atomic mass is 10.1. The molecule has 1 heterocycles. The Balaban J connectivity index is 1.83. The predicted octanol–water partition coefficient (Wildman–Crippen LogP) is 3.32. The van der Waals surface area contributed by atoms with E-state index in [0.717, 1.165) is 17.8 Å². The SMILES string of the molecule is O=S(=O)(Nc1cc(Sc2ncn[nH]2)c(O)c2ccccc12)c1cccc(O)c1. The van der Waals surface area contributed by atoms with Gasteiger partial charge < -0.3 is 10.2 Å². The van der Waals surface area contributed by atoms with Gasteiger partial charge in [-0.25, -0.2) is 13.4 Å². The minimum absolute atomic E-state index is 0.0114. The van der Waals surface area contributed by atoms with Crippen LogP contribution in [0.25, 0.3) is 10.8 Å². The van der Waals surface area contributed by atoms with E-state index in [2.05, 4.69) is 19.9 Å². The molecule has 0 unspecified atom stereocenters. The van der Waals surface area contributed by atoms with Crippen molar-refractivity contribution in [3.05, 3.63) is 60.9 Å². The van der Waals surface area contributed by atoms with Crippen molar-refractivity contribution in [2.45, 2.75) is 14.9 Å². The number of fused-ring (bicyclic) bond motifs is 1. The summed E-state index contributed by atoms with van der Waals surface area (Å²) >= 11 is 1.12. The molecular formula is C18H14N4O4S2. The Bertz CT molecular complexity index is 1260. The Morgan fingerprint density at radius 3 is 2.50 bits per heavy atom. The van der Waals surface area contributed by atoms with Crippen LogP contribution in [0.4, 0.5) is 5.69 Å². The largest absolute Gasteiger partial charge is 0.508 e. The summed E-state index contributed by atoms with van der Waals surface area (Å²) < 4.78 is 28.1. The van der Waals surface area contributed by atoms with Crippen molar-refractivity contribution >= 4 is 38.2 Å². The second-order valence-electron chi connectivity index (χ2n) is 5.81. The number of phenols is 2. The van der Waals surface area contributed by atoms with E-state index in [1.807, 2.05) is 0 Å². The van der Waals surface area contributed by atoms with Gasteiger partial charge in [0.25, 0.3) is 10.0 Å². The van der Waals surface area contributed by atoms with Gasteiger partial charge in [-0.05, 0) is 30.0 Å². The molecule has 8 nitrogen and oxygen atoms in total. The van der Waals surface area contributed by atoms with Crippen molar-refractivity contribution in [2.75, 3.05) is 4.72 Å². The molecule has 0 spiro atoms. The summed E-state index contributed by atoms with van der Waals surface area (Å²) in [4.78, 5) is 4.34. The molecule has 4 N–H and O–H groups in total. The molecule has 142 valence electrons. The first-order valence-corrected chi connectivity index (χ1v) is 10.3. The Kier molecular flexibility index (Phi) is 4.57. The smallest absolute Gasteiger partial charge is 0.262 e. The topological polar surface area (TPSA) is 128 Å². The van der Waals surface area contributed by atoms with Gasteiger partial charge in [-0.3, -0.25) is 9.82 Å². The summed E-state index contributed by atoms with van der Waals surface area (Å²) in [5, 5.41) is 28.1. The Labute approximate surface area is 164 Å². The molecule has 0 atom stereocenters. The van der Waals surface area contributed by atoms with E-state index in [4.69, 9.17) is 0 Å². The first-order chi connectivity index (χ1) is 13.4. The fourth-order valence-corrected chi connectivity index (χ4v) is 4.60. The molecule has 0 aliphatic rings. The highest BCUT2D eigenvalue weighted by Crippen LogP contribution is 2.42. The normalized spacial score (nSPS) is 11.6. The van der Waals surface area contributed by atoms with E-state index in [1.165, 1.54) is 30.6 Å². The molecule has 0 aliphatic heterocycles. The number of nitrogens with one attached hydrogen (secondary N) is 2. The molecule has 0 saturated heterocycles. The molecule has 0 saturated carbocycles. The van der Waals surface area contributed by atoms with Crippen molar-refractivity contribution in [1.29, 1.82) is 0 Å². The van der Waals surface area contributed by atoms with Crippen molar-refractivity contribution in [3.63, 3.8) is 0 Å². The Hall–Kier alpha value is -3.24. The zero-order chi connectivity index (χ0) is 19.7. The van der Waals surface area contributed by atoms with E-state index >= 15 is 0 Å². The molecule has 0 bridgehead atoms. The van der Waals surface area contributed by atoms with E-state index in [-0.39, 0.29) is 16.4 Å². The van der Waals surface area contributed by atoms with Gasteiger partial charge >= 0.3 is 0 Å². The van der Waals surface area contributed by atoms with Gasteiger partial charge in [0.05, 0.1) is 15.5 Å². The van der Waals surface area contributed by atoms with Crippen LogP contribution >= 0.6 is 11.8 Å². The molecule has 10 heteroatoms. The summed E-state index contributed by atoms with van der Waals surface area (Å²) in [6.45, 7) is 0. The Morgan fingerprint density at radius 1 is 1.00 bits per heavy atom. The molecule has 0 radical (unpaired) electrons. The molecule has 0 aliphatic carbocycles. The molecular weight excluding hydrogens is 400 g/mol. The number of hydrogen-bond acceptors (Lipinski definition) is 7. The standard InChI is InChI=1S/C18H14N4O4S2/c23-11-4-3-5-12(8-11)28(25,26)22-15-9-16(27-18-19-10-20-21-18)17(24)14-7-2-1-6-13(14)15/h1-10,22-24H,(H,19,20,21). The summed E-state index contributed by atoms with van der Waals surface area (Å²) in [7, 11) is -3.96. The van der Waals surface area contributed by atoms with Gasteiger partial charge in [-0.15, -0.1) is 0 Å². The number of nitrogens with zero attached hydrogens (tertiary/aromatic N) is 2. The highest BCUT2D eigenvalue weighted by atomic mass is 32.2. The minimum Gasteiger partial charge on any atom is -0.508 e. The van der Waals surface area contributed by atoms with Gasteiger partial charge in [0.15, 0.2) is 5.16 Å². The average Bonchev–Trinajstić information content (AvgIpc) is 3.18. The molecule has 28 heavy (non-hydrogen) atoms. The quantitative estimate of drug-likeness (QED) is 0.369. The van der Waals surface area contributed by atoms with Crippen LogP contribution in [0.3, 0.4) is 0 Å². The van der Waals surface area contributed by atoms with Crippen LogP contribution in [0.1, 0.15) is 0 Å². The fourth-order valence-electron chi connectivity index (χ4n) is 2.70. The summed E-state index contributed by atoms with van der Waals surface area (Å²) in [5.41, 5.74) is 0.291. The average molecular weight is 414 g/mol. The monoisotopic (exact) mass is 414 g/mol. The second kappa shape index (κ2) is 7.06. The first-order valence-electron chi connectivity index (χ1n) is 8.04. The van der Waals surface area contributed by atoms with Crippen molar-refractivity contribution in [2.24, 2.45) is 0 Å². The molecule has 4 rings (SSSR count). The van der Waals surface area contributed by atoms with Crippen LogP contribution in [0, 0.1) is 0 Å². The lowest BCUT2D eigenvalue weighted by Gasteiger charge is -2.14. The van der Waals surface area contributed by atoms with Crippen molar-refractivity contribution in [1.82, 2.24) is 15.2 Å². The maximum absolute atomic E-state index is 12.8. The van der Waals surface area contributed by atoms with Crippen molar-refractivity contribution < 1.29 is 18.6 Å². The van der Waals surface area contributed by atoms with E-state index in [9.17, 15) is 18.6 Å². The number of aromatic nitrogens is 3. The van der Waals surface area contributed by atoms with Crippen LogP contribution in [0.2, 0.25) is 0 Å². The van der Waals surface area contributed by atoms with Crippen LogP contribution in [0.5, 0.6) is 11.5 Å². The number of sulfonamides is 1. The number of phenolic OH excluding ortho intramolecular Hbond substituents is 2. The maximum Gasteiger partial charge on any atom is 0.262 e. The van der Waals surface area contributed by atoms with Crippen molar-refractivity contribution in [3.8, 4) is 11.5 Å². The molecule has 0 amide bonds. The number of H-pyrrole nitrogens is 1. The van der Waals surface area contributed by atoms with Gasteiger partial charge in [0, 0.05) is 16.8 Å². The number of hydrogen-bond donors (Lipinski definition) is 4. The van der Waals surface area contributed by atoms with Gasteiger partial charge in [0.2, 0.25) is 0 Å². The predicted molar refractivity (Wildman–Crippen MR) is 105 cm³/mol. The number of benzene rings is 3. The molecule has 3 aromatic carbocycles. The lowest BCUT2D eigenvalue weighted by Crippen LogP contribution is -2.13. The number of aromatic amines is 1. The number of rotatable bonds is 5. The molecule has 0 fully saturated rings. The summed E-state index contributed by atoms with van der Waals surface area (Å²) in [6.07, 6.45) is 1.34. The van der Waals surface area contributed by atoms with E-state index in [0.29, 0.717) is 26.5 Å². The number of anilines is 1. The third-order valence-electron chi connectivity index (χ3n) is 3.95. The first kappa shape index (κ1) is 18.1. The minimum atomic E-state index is -3.96. The van der Waals surface area contributed by atoms with Crippen LogP contribution in [0.15, 0.2) is 75.9 Å². The zero-order valence-electron chi connectivity index (χ0n) is 14.2. The zero-order valence-corrected chi connectivity index (χ0v) is 15.8. The third-order valence-corrected chi connectivity index (χ3v) is 6.24. The fraction of sp³-hybridized carbons (Fsp3) is 0. The highest BCUT2D eigenvalue weighted by Gasteiger charge is 2.19. The molecule has 1 aromatic heterocycles. The Morgan fingerprint density at radius 2 is 1.79 bits per heavy atom. The number of aromatic hydroxyl groups is 2. The molecule has 4 aromatic rings. The highest BCUT2D eigenvalue weighted by molar-refractivity contribution is 7.99. The van der Waals surface area contributed by atoms with Gasteiger partial charge in [-0.2, -0.15) is 5.10 Å². The maximum atomic E-state index is 12.8.